The van der Waals surface area contributed by atoms with Gasteiger partial charge >= 0.3 is 6.09 Å². The van der Waals surface area contributed by atoms with Gasteiger partial charge in [0.05, 0.1) is 0 Å². The van der Waals surface area contributed by atoms with E-state index in [2.05, 4.69) is 10.6 Å². The van der Waals surface area contributed by atoms with Gasteiger partial charge in [-0.1, -0.05) is 0 Å². The van der Waals surface area contributed by atoms with Gasteiger partial charge in [-0.25, -0.2) is 14.7 Å². The lowest BCUT2D eigenvalue weighted by Crippen LogP contribution is -2.38. The third-order valence-corrected chi connectivity index (χ3v) is 3.79. The summed E-state index contributed by atoms with van der Waals surface area (Å²) in [5.41, 5.74) is 2.65. The first-order valence-electron chi connectivity index (χ1n) is 8.97. The van der Waals surface area contributed by atoms with Crippen molar-refractivity contribution in [3.05, 3.63) is 29.1 Å². The van der Waals surface area contributed by atoms with E-state index in [9.17, 15) is 14.0 Å². The first-order valence-corrected chi connectivity index (χ1v) is 8.97. The first kappa shape index (κ1) is 22.7. The highest BCUT2D eigenvalue weighted by Crippen LogP contribution is 2.20. The van der Waals surface area contributed by atoms with Gasteiger partial charge in [0, 0.05) is 12.2 Å². The Hall–Kier alpha value is -2.35. The van der Waals surface area contributed by atoms with Gasteiger partial charge in [0.15, 0.2) is 0 Å². The van der Waals surface area contributed by atoms with Crippen LogP contribution >= 0.6 is 0 Å². The fraction of sp³-hybridized carbons (Fsp3) is 0.579. The summed E-state index contributed by atoms with van der Waals surface area (Å²) in [7, 11) is 0. The highest BCUT2D eigenvalue weighted by molar-refractivity contribution is 5.83. The zero-order valence-corrected chi connectivity index (χ0v) is 16.6. The third kappa shape index (κ3) is 8.25. The van der Waals surface area contributed by atoms with Gasteiger partial charge in [-0.15, -0.1) is 0 Å². The molecule has 1 rings (SSSR count). The zero-order chi connectivity index (χ0) is 20.6. The summed E-state index contributed by atoms with van der Waals surface area (Å²) < 4.78 is 18.9. The van der Waals surface area contributed by atoms with E-state index in [4.69, 9.17) is 9.94 Å². The number of unbranched alkanes of at least 4 members (excludes halogenated alkanes) is 1. The summed E-state index contributed by atoms with van der Waals surface area (Å²) in [6.45, 7) is 9.07. The van der Waals surface area contributed by atoms with Gasteiger partial charge in [-0.2, -0.15) is 0 Å². The van der Waals surface area contributed by atoms with Gasteiger partial charge in [-0.05, 0) is 77.1 Å². The molecular formula is C19H30FN3O4. The van der Waals surface area contributed by atoms with Crippen LogP contribution in [-0.2, 0) is 9.53 Å². The Kier molecular flexibility index (Phi) is 8.49. The van der Waals surface area contributed by atoms with Crippen molar-refractivity contribution in [3.8, 4) is 0 Å². The van der Waals surface area contributed by atoms with Crippen molar-refractivity contribution in [3.63, 3.8) is 0 Å². The van der Waals surface area contributed by atoms with Crippen molar-refractivity contribution in [2.24, 2.45) is 0 Å². The minimum absolute atomic E-state index is 0.281. The molecule has 4 N–H and O–H groups in total. The second-order valence-corrected chi connectivity index (χ2v) is 7.52. The summed E-state index contributed by atoms with van der Waals surface area (Å²) in [4.78, 5) is 23.5. The molecule has 0 aromatic heterocycles. The van der Waals surface area contributed by atoms with Crippen molar-refractivity contribution < 1.29 is 23.9 Å². The number of anilines is 1. The Morgan fingerprint density at radius 3 is 2.30 bits per heavy atom. The van der Waals surface area contributed by atoms with Crippen LogP contribution in [0.3, 0.4) is 0 Å². The second kappa shape index (κ2) is 10.1. The minimum Gasteiger partial charge on any atom is -0.444 e. The zero-order valence-electron chi connectivity index (χ0n) is 16.6. The number of carbonyl (C=O) groups excluding carboxylic acids is 2. The topological polar surface area (TPSA) is 99.7 Å². The molecule has 1 aromatic rings. The molecule has 0 radical (unpaired) electrons. The number of amides is 2. The number of ether oxygens (including phenoxy) is 1. The third-order valence-electron chi connectivity index (χ3n) is 3.79. The fourth-order valence-corrected chi connectivity index (χ4v) is 2.56. The monoisotopic (exact) mass is 383 g/mol. The largest absolute Gasteiger partial charge is 0.444 e. The number of nitrogens with one attached hydrogen (secondary N) is 3. The first-order chi connectivity index (χ1) is 12.5. The van der Waals surface area contributed by atoms with Crippen LogP contribution in [0.15, 0.2) is 12.1 Å². The Labute approximate surface area is 159 Å². The molecule has 0 spiro atoms. The summed E-state index contributed by atoms with van der Waals surface area (Å²) in [6.07, 6.45) is 1.21. The van der Waals surface area contributed by atoms with E-state index in [1.165, 1.54) is 0 Å². The van der Waals surface area contributed by atoms with Crippen LogP contribution in [0.2, 0.25) is 0 Å². The maximum Gasteiger partial charge on any atom is 0.407 e. The van der Waals surface area contributed by atoms with Crippen molar-refractivity contribution in [1.29, 1.82) is 0 Å². The molecular weight excluding hydrogens is 353 g/mol. The van der Waals surface area contributed by atoms with Crippen LogP contribution in [0.4, 0.5) is 14.9 Å². The average Bonchev–Trinajstić information content (AvgIpc) is 2.55. The normalized spacial score (nSPS) is 12.3. The number of benzene rings is 1. The molecule has 2 amide bonds. The molecule has 1 atom stereocenters. The van der Waals surface area contributed by atoms with E-state index in [0.717, 1.165) is 0 Å². The van der Waals surface area contributed by atoms with Crippen LogP contribution in [0.1, 0.15) is 51.2 Å². The standard InChI is InChI=1S/C19H30FN3O4/c1-12-10-14(11-13(2)16(12)20)22-15(17(24)23-26)8-6-7-9-21-18(25)27-19(3,4)5/h10-11,15,22,26H,6-9H2,1-5H3,(H,21,25)(H,23,24). The molecule has 0 aliphatic rings. The molecule has 1 aromatic carbocycles. The van der Waals surface area contributed by atoms with Crippen molar-refractivity contribution in [2.45, 2.75) is 65.5 Å². The molecule has 27 heavy (non-hydrogen) atoms. The summed E-state index contributed by atoms with van der Waals surface area (Å²) >= 11 is 0. The number of alkyl carbamates (subject to hydrolysis) is 1. The van der Waals surface area contributed by atoms with Crippen LogP contribution in [0, 0.1) is 19.7 Å². The lowest BCUT2D eigenvalue weighted by Gasteiger charge is -2.20. The summed E-state index contributed by atoms with van der Waals surface area (Å²) in [5.74, 6) is -0.855. The van der Waals surface area contributed by atoms with Gasteiger partial charge in [0.2, 0.25) is 0 Å². The van der Waals surface area contributed by atoms with Crippen molar-refractivity contribution >= 4 is 17.7 Å². The molecule has 0 bridgehead atoms. The molecule has 0 aliphatic carbocycles. The minimum atomic E-state index is -0.680. The smallest absolute Gasteiger partial charge is 0.407 e. The predicted molar refractivity (Wildman–Crippen MR) is 101 cm³/mol. The number of aryl methyl sites for hydroxylation is 2. The molecule has 0 fully saturated rings. The Morgan fingerprint density at radius 2 is 1.78 bits per heavy atom. The quantitative estimate of drug-likeness (QED) is 0.313. The Bertz CT molecular complexity index is 636. The van der Waals surface area contributed by atoms with Crippen LogP contribution in [0.5, 0.6) is 0 Å². The number of rotatable bonds is 8. The number of hydrogen-bond donors (Lipinski definition) is 4. The molecule has 0 heterocycles. The highest BCUT2D eigenvalue weighted by atomic mass is 19.1. The second-order valence-electron chi connectivity index (χ2n) is 7.52. The van der Waals surface area contributed by atoms with Crippen LogP contribution < -0.4 is 16.1 Å². The predicted octanol–water partition coefficient (Wildman–Crippen LogP) is 3.42. The van der Waals surface area contributed by atoms with Gasteiger partial charge in [0.1, 0.15) is 17.5 Å². The molecule has 8 heteroatoms. The van der Waals surface area contributed by atoms with Crippen LogP contribution in [-0.4, -0.2) is 35.4 Å². The molecule has 7 nitrogen and oxygen atoms in total. The van der Waals surface area contributed by atoms with E-state index >= 15 is 0 Å². The maximum atomic E-state index is 13.7. The van der Waals surface area contributed by atoms with E-state index in [-0.39, 0.29) is 5.82 Å². The Balaban J connectivity index is 2.52. The number of hydroxylamine groups is 1. The van der Waals surface area contributed by atoms with Crippen molar-refractivity contribution in [1.82, 2.24) is 10.8 Å². The van der Waals surface area contributed by atoms with Crippen molar-refractivity contribution in [2.75, 3.05) is 11.9 Å². The van der Waals surface area contributed by atoms with E-state index in [0.29, 0.717) is 42.6 Å². The lowest BCUT2D eigenvalue weighted by atomic mass is 10.1. The van der Waals surface area contributed by atoms with Gasteiger partial charge < -0.3 is 15.4 Å². The van der Waals surface area contributed by atoms with Crippen LogP contribution in [0.25, 0.3) is 0 Å². The SMILES string of the molecule is Cc1cc(NC(CCCCNC(=O)OC(C)(C)C)C(=O)NO)cc(C)c1F. The highest BCUT2D eigenvalue weighted by Gasteiger charge is 2.19. The number of halogens is 1. The van der Waals surface area contributed by atoms with E-state index in [1.54, 1.807) is 52.2 Å². The average molecular weight is 383 g/mol. The summed E-state index contributed by atoms with van der Waals surface area (Å²) in [6, 6.07) is 2.55. The Morgan fingerprint density at radius 1 is 1.19 bits per heavy atom. The molecule has 0 saturated carbocycles. The molecule has 0 saturated heterocycles. The maximum absolute atomic E-state index is 13.7. The molecule has 152 valence electrons. The van der Waals surface area contributed by atoms with E-state index in [1.807, 2.05) is 0 Å². The summed E-state index contributed by atoms with van der Waals surface area (Å²) in [5, 5.41) is 14.6. The van der Waals surface area contributed by atoms with Gasteiger partial charge in [-0.3, -0.25) is 10.0 Å². The molecule has 1 unspecified atom stereocenters. The van der Waals surface area contributed by atoms with Gasteiger partial charge in [0.25, 0.3) is 5.91 Å². The molecule has 0 aliphatic heterocycles. The lowest BCUT2D eigenvalue weighted by molar-refractivity contribution is -0.130. The number of carbonyl (C=O) groups is 2. The van der Waals surface area contributed by atoms with E-state index < -0.39 is 23.6 Å². The fourth-order valence-electron chi connectivity index (χ4n) is 2.56. The number of hydrogen-bond acceptors (Lipinski definition) is 5.